The quantitative estimate of drug-likeness (QED) is 0.672. The number of carbonyl (C=O) groups is 2. The molecule has 2 heterocycles. The summed E-state index contributed by atoms with van der Waals surface area (Å²) in [5.74, 6) is 2.59. The Morgan fingerprint density at radius 3 is 2.66 bits per heavy atom. The molecule has 0 radical (unpaired) electrons. The van der Waals surface area contributed by atoms with Gasteiger partial charge in [-0.25, -0.2) is 4.79 Å². The van der Waals surface area contributed by atoms with Crippen LogP contribution >= 0.6 is 11.6 Å². The topological polar surface area (TPSA) is 84.3 Å². The van der Waals surface area contributed by atoms with E-state index in [-0.39, 0.29) is 24.6 Å². The van der Waals surface area contributed by atoms with Gasteiger partial charge in [0.25, 0.3) is 0 Å². The van der Waals surface area contributed by atoms with Gasteiger partial charge in [0, 0.05) is 31.4 Å². The van der Waals surface area contributed by atoms with E-state index >= 15 is 0 Å². The molecule has 2 amide bonds. The maximum Gasteiger partial charge on any atom is 0.412 e. The van der Waals surface area contributed by atoms with Crippen LogP contribution in [-0.2, 0) is 4.79 Å². The van der Waals surface area contributed by atoms with Gasteiger partial charge in [-0.3, -0.25) is 9.69 Å². The van der Waals surface area contributed by atoms with E-state index in [9.17, 15) is 19.8 Å². The molecule has 2 saturated heterocycles. The van der Waals surface area contributed by atoms with Crippen LogP contribution in [0.1, 0.15) is 44.9 Å². The third kappa shape index (κ3) is 4.26. The average molecular weight is 460 g/mol. The molecule has 0 aromatic heterocycles. The number of aliphatic hydroxyl groups excluding tert-OH is 1. The molecule has 3 fully saturated rings. The Morgan fingerprint density at radius 2 is 2.00 bits per heavy atom. The Kier molecular flexibility index (Phi) is 6.55. The first-order chi connectivity index (χ1) is 15.3. The fraction of sp³-hybridized carbons (Fsp3) is 0.583. The highest BCUT2D eigenvalue weighted by Gasteiger charge is 2.50. The number of benzene rings is 1. The summed E-state index contributed by atoms with van der Waals surface area (Å²) < 4.78 is 0. The Bertz CT molecular complexity index is 924. The lowest BCUT2D eigenvalue weighted by molar-refractivity contribution is -0.139. The van der Waals surface area contributed by atoms with Gasteiger partial charge in [-0.2, -0.15) is 0 Å². The minimum atomic E-state index is -1.13. The van der Waals surface area contributed by atoms with Crippen molar-refractivity contribution in [2.45, 2.75) is 57.1 Å². The molecule has 1 atom stereocenters. The number of amides is 2. The van der Waals surface area contributed by atoms with Crippen molar-refractivity contribution in [2.24, 2.45) is 5.41 Å². The van der Waals surface area contributed by atoms with E-state index in [0.29, 0.717) is 17.3 Å². The van der Waals surface area contributed by atoms with Crippen LogP contribution in [-0.4, -0.2) is 65.4 Å². The molecule has 0 bridgehead atoms. The van der Waals surface area contributed by atoms with Gasteiger partial charge in [-0.1, -0.05) is 17.5 Å². The maximum atomic E-state index is 13.5. The van der Waals surface area contributed by atoms with E-state index in [0.717, 1.165) is 68.6 Å². The molecule has 2 aliphatic heterocycles. The Balaban J connectivity index is 1.50. The first-order valence-corrected chi connectivity index (χ1v) is 11.7. The van der Waals surface area contributed by atoms with Crippen LogP contribution in [0.4, 0.5) is 16.2 Å². The molecule has 8 heteroatoms. The second-order valence-electron chi connectivity index (χ2n) is 9.22. The third-order valence-electron chi connectivity index (χ3n) is 7.29. The number of piperidine rings is 1. The predicted octanol–water partition coefficient (Wildman–Crippen LogP) is 3.58. The summed E-state index contributed by atoms with van der Waals surface area (Å²) >= 11 is 6.58. The minimum absolute atomic E-state index is 0.0552. The van der Waals surface area contributed by atoms with Crippen molar-refractivity contribution in [3.63, 3.8) is 0 Å². The van der Waals surface area contributed by atoms with Crippen molar-refractivity contribution in [3.8, 4) is 12.3 Å². The molecule has 1 spiro atoms. The molecule has 1 unspecified atom stereocenters. The lowest BCUT2D eigenvalue weighted by atomic mass is 9.78. The Hall–Kier alpha value is -2.43. The molecular formula is C24H30ClN3O4. The predicted molar refractivity (Wildman–Crippen MR) is 124 cm³/mol. The molecule has 1 aromatic rings. The number of terminal acetylenes is 1. The molecule has 7 nitrogen and oxygen atoms in total. The summed E-state index contributed by atoms with van der Waals surface area (Å²) in [7, 11) is 0. The highest BCUT2D eigenvalue weighted by molar-refractivity contribution is 6.33. The SMILES string of the molecule is C#CCN(C(=O)O)c1ccc(N2CCCC3(CCN(C4CCC(O)CC4)C3=O)C2)c(Cl)c1. The number of anilines is 2. The van der Waals surface area contributed by atoms with Crippen LogP contribution in [0.15, 0.2) is 18.2 Å². The number of nitrogens with zero attached hydrogens (tertiary/aromatic N) is 3. The first-order valence-electron chi connectivity index (χ1n) is 11.3. The molecule has 172 valence electrons. The van der Waals surface area contributed by atoms with Crippen molar-refractivity contribution in [3.05, 3.63) is 23.2 Å². The molecule has 3 aliphatic rings. The van der Waals surface area contributed by atoms with Crippen LogP contribution < -0.4 is 9.80 Å². The lowest BCUT2D eigenvalue weighted by Gasteiger charge is -2.41. The smallest absolute Gasteiger partial charge is 0.412 e. The van der Waals surface area contributed by atoms with Crippen molar-refractivity contribution in [1.82, 2.24) is 4.90 Å². The van der Waals surface area contributed by atoms with E-state index < -0.39 is 11.5 Å². The van der Waals surface area contributed by atoms with Gasteiger partial charge in [-0.15, -0.1) is 6.42 Å². The molecule has 32 heavy (non-hydrogen) atoms. The summed E-state index contributed by atoms with van der Waals surface area (Å²) in [6.07, 6.45) is 9.83. The molecule has 2 N–H and O–H groups in total. The van der Waals surface area contributed by atoms with Gasteiger partial charge in [0.2, 0.25) is 5.91 Å². The van der Waals surface area contributed by atoms with Crippen LogP contribution in [0.25, 0.3) is 0 Å². The standard InChI is InChI=1S/C24H30ClN3O4/c1-2-12-28(23(31)32)18-6-9-21(20(25)15-18)26-13-3-10-24(16-26)11-14-27(22(24)30)17-4-7-19(29)8-5-17/h1,6,9,15,17,19,29H,3-5,7-8,10-14,16H2,(H,31,32). The molecule has 4 rings (SSSR count). The summed E-state index contributed by atoms with van der Waals surface area (Å²) in [5.41, 5.74) is 0.846. The van der Waals surface area contributed by atoms with Crippen LogP contribution in [0.2, 0.25) is 5.02 Å². The van der Waals surface area contributed by atoms with Crippen molar-refractivity contribution >= 4 is 35.0 Å². The zero-order chi connectivity index (χ0) is 22.9. The monoisotopic (exact) mass is 459 g/mol. The number of hydrogen-bond donors (Lipinski definition) is 2. The summed E-state index contributed by atoms with van der Waals surface area (Å²) in [5, 5.41) is 19.7. The lowest BCUT2D eigenvalue weighted by Crippen LogP contribution is -2.50. The fourth-order valence-corrected chi connectivity index (χ4v) is 5.86. The van der Waals surface area contributed by atoms with Crippen LogP contribution in [0.3, 0.4) is 0 Å². The van der Waals surface area contributed by atoms with E-state index in [2.05, 4.69) is 15.7 Å². The molecule has 1 saturated carbocycles. The molecular weight excluding hydrogens is 430 g/mol. The highest BCUT2D eigenvalue weighted by atomic mass is 35.5. The Labute approximate surface area is 193 Å². The number of halogens is 1. The summed E-state index contributed by atoms with van der Waals surface area (Å²) in [4.78, 5) is 30.3. The van der Waals surface area contributed by atoms with Gasteiger partial charge in [0.1, 0.15) is 0 Å². The largest absolute Gasteiger partial charge is 0.465 e. The summed E-state index contributed by atoms with van der Waals surface area (Å²) in [6.45, 7) is 2.14. The number of hydrogen-bond acceptors (Lipinski definition) is 4. The second kappa shape index (κ2) is 9.21. The zero-order valence-corrected chi connectivity index (χ0v) is 18.9. The minimum Gasteiger partial charge on any atom is -0.465 e. The first kappa shape index (κ1) is 22.8. The number of carboxylic acid groups (broad SMARTS) is 1. The highest BCUT2D eigenvalue weighted by Crippen LogP contribution is 2.44. The maximum absolute atomic E-state index is 13.5. The van der Waals surface area contributed by atoms with Gasteiger partial charge in [0.05, 0.1) is 28.8 Å². The molecule has 1 aromatic carbocycles. The van der Waals surface area contributed by atoms with Gasteiger partial charge in [-0.05, 0) is 63.1 Å². The van der Waals surface area contributed by atoms with E-state index in [1.165, 1.54) is 0 Å². The number of likely N-dealkylation sites (tertiary alicyclic amines) is 1. The van der Waals surface area contributed by atoms with Crippen molar-refractivity contribution in [2.75, 3.05) is 36.0 Å². The average Bonchev–Trinajstić information content (AvgIpc) is 3.07. The third-order valence-corrected chi connectivity index (χ3v) is 7.60. The van der Waals surface area contributed by atoms with E-state index in [4.69, 9.17) is 18.0 Å². The molecule has 1 aliphatic carbocycles. The number of carbonyl (C=O) groups excluding carboxylic acids is 1. The van der Waals surface area contributed by atoms with E-state index in [1.807, 2.05) is 6.07 Å². The van der Waals surface area contributed by atoms with Gasteiger partial charge in [0.15, 0.2) is 0 Å². The fourth-order valence-electron chi connectivity index (χ4n) is 5.56. The van der Waals surface area contributed by atoms with Gasteiger partial charge < -0.3 is 20.0 Å². The number of aliphatic hydroxyl groups is 1. The summed E-state index contributed by atoms with van der Waals surface area (Å²) in [6, 6.07) is 5.40. The second-order valence-corrected chi connectivity index (χ2v) is 9.63. The van der Waals surface area contributed by atoms with Crippen molar-refractivity contribution in [1.29, 1.82) is 0 Å². The Morgan fingerprint density at radius 1 is 1.25 bits per heavy atom. The normalized spacial score (nSPS) is 28.1. The van der Waals surface area contributed by atoms with Crippen LogP contribution in [0, 0.1) is 17.8 Å². The number of rotatable bonds is 4. The zero-order valence-electron chi connectivity index (χ0n) is 18.2. The van der Waals surface area contributed by atoms with Crippen molar-refractivity contribution < 1.29 is 19.8 Å². The van der Waals surface area contributed by atoms with E-state index in [1.54, 1.807) is 12.1 Å². The van der Waals surface area contributed by atoms with Gasteiger partial charge >= 0.3 is 6.09 Å². The van der Waals surface area contributed by atoms with Crippen LogP contribution in [0.5, 0.6) is 0 Å².